The number of pyridine rings is 1. The number of nitrogens with one attached hydrogen (secondary N) is 1. The number of amides is 1. The summed E-state index contributed by atoms with van der Waals surface area (Å²) in [7, 11) is 0. The van der Waals surface area contributed by atoms with E-state index in [4.69, 9.17) is 0 Å². The SMILES string of the molecule is C[C@@H]1CCC[C@H](NC(=O)c2cccnc2OCC(F)(F)F)C1. The van der Waals surface area contributed by atoms with Gasteiger partial charge in [-0.25, -0.2) is 4.98 Å². The van der Waals surface area contributed by atoms with E-state index in [1.165, 1.54) is 18.3 Å². The maximum Gasteiger partial charge on any atom is 0.422 e. The first-order valence-electron chi connectivity index (χ1n) is 7.30. The van der Waals surface area contributed by atoms with E-state index in [1.54, 1.807) is 0 Å². The molecule has 0 unspecified atom stereocenters. The van der Waals surface area contributed by atoms with Gasteiger partial charge in [0, 0.05) is 12.2 Å². The first-order valence-corrected chi connectivity index (χ1v) is 7.30. The van der Waals surface area contributed by atoms with Crippen molar-refractivity contribution in [3.8, 4) is 5.88 Å². The van der Waals surface area contributed by atoms with E-state index in [2.05, 4.69) is 22.0 Å². The first kappa shape index (κ1) is 16.6. The zero-order valence-corrected chi connectivity index (χ0v) is 12.3. The van der Waals surface area contributed by atoms with E-state index in [0.29, 0.717) is 5.92 Å². The van der Waals surface area contributed by atoms with E-state index in [9.17, 15) is 18.0 Å². The second-order valence-corrected chi connectivity index (χ2v) is 5.70. The highest BCUT2D eigenvalue weighted by Crippen LogP contribution is 2.25. The van der Waals surface area contributed by atoms with Crippen LogP contribution in [-0.4, -0.2) is 29.7 Å². The van der Waals surface area contributed by atoms with E-state index in [1.807, 2.05) is 0 Å². The molecule has 1 saturated carbocycles. The quantitative estimate of drug-likeness (QED) is 0.927. The monoisotopic (exact) mass is 316 g/mol. The van der Waals surface area contributed by atoms with Crippen LogP contribution in [0.5, 0.6) is 5.88 Å². The molecule has 0 aliphatic heterocycles. The van der Waals surface area contributed by atoms with Gasteiger partial charge in [-0.3, -0.25) is 4.79 Å². The van der Waals surface area contributed by atoms with Crippen LogP contribution in [0.2, 0.25) is 0 Å². The maximum absolute atomic E-state index is 12.3. The van der Waals surface area contributed by atoms with Crippen LogP contribution in [0.3, 0.4) is 0 Å². The standard InChI is InChI=1S/C15H19F3N2O2/c1-10-4-2-5-11(8-10)20-13(21)12-6-3-7-19-14(12)22-9-15(16,17)18/h3,6-7,10-11H,2,4-5,8-9H2,1H3,(H,20,21)/t10-,11+/m1/s1. The van der Waals surface area contributed by atoms with Gasteiger partial charge in [0.15, 0.2) is 6.61 Å². The molecule has 2 rings (SSSR count). The molecular formula is C15H19F3N2O2. The summed E-state index contributed by atoms with van der Waals surface area (Å²) in [6.45, 7) is 0.658. The minimum atomic E-state index is -4.47. The van der Waals surface area contributed by atoms with Gasteiger partial charge in [-0.05, 0) is 30.9 Å². The topological polar surface area (TPSA) is 51.2 Å². The lowest BCUT2D eigenvalue weighted by molar-refractivity contribution is -0.154. The van der Waals surface area contributed by atoms with Crippen LogP contribution in [0.15, 0.2) is 18.3 Å². The van der Waals surface area contributed by atoms with Gasteiger partial charge in [0.1, 0.15) is 5.56 Å². The van der Waals surface area contributed by atoms with E-state index in [0.717, 1.165) is 25.7 Å². The fourth-order valence-electron chi connectivity index (χ4n) is 2.66. The van der Waals surface area contributed by atoms with Crippen LogP contribution in [-0.2, 0) is 0 Å². The molecule has 1 aromatic heterocycles. The molecule has 0 aromatic carbocycles. The molecule has 0 radical (unpaired) electrons. The molecule has 2 atom stereocenters. The Morgan fingerprint density at radius 1 is 1.45 bits per heavy atom. The Morgan fingerprint density at radius 2 is 2.23 bits per heavy atom. The molecule has 22 heavy (non-hydrogen) atoms. The highest BCUT2D eigenvalue weighted by Gasteiger charge is 2.30. The van der Waals surface area contributed by atoms with Gasteiger partial charge >= 0.3 is 6.18 Å². The molecule has 0 spiro atoms. The normalized spacial score (nSPS) is 22.2. The molecular weight excluding hydrogens is 297 g/mol. The Labute approximate surface area is 127 Å². The average Bonchev–Trinajstić information content (AvgIpc) is 2.44. The number of ether oxygens (including phenoxy) is 1. The highest BCUT2D eigenvalue weighted by atomic mass is 19.4. The second-order valence-electron chi connectivity index (χ2n) is 5.70. The third-order valence-corrected chi connectivity index (χ3v) is 3.66. The summed E-state index contributed by atoms with van der Waals surface area (Å²) in [5.41, 5.74) is 0.0324. The van der Waals surface area contributed by atoms with Crippen molar-refractivity contribution in [3.63, 3.8) is 0 Å². The smallest absolute Gasteiger partial charge is 0.422 e. The van der Waals surface area contributed by atoms with Crippen molar-refractivity contribution >= 4 is 5.91 Å². The Balaban J connectivity index is 2.02. The number of carbonyl (C=O) groups excluding carboxylic acids is 1. The maximum atomic E-state index is 12.3. The van der Waals surface area contributed by atoms with E-state index < -0.39 is 18.7 Å². The van der Waals surface area contributed by atoms with Crippen molar-refractivity contribution in [1.82, 2.24) is 10.3 Å². The summed E-state index contributed by atoms with van der Waals surface area (Å²) in [6.07, 6.45) is 0.769. The van der Waals surface area contributed by atoms with Gasteiger partial charge in [0.2, 0.25) is 5.88 Å². The predicted molar refractivity (Wildman–Crippen MR) is 74.7 cm³/mol. The molecule has 1 amide bonds. The largest absolute Gasteiger partial charge is 0.467 e. The number of hydrogen-bond acceptors (Lipinski definition) is 3. The van der Waals surface area contributed by atoms with Gasteiger partial charge in [0.25, 0.3) is 5.91 Å². The fourth-order valence-corrected chi connectivity index (χ4v) is 2.66. The summed E-state index contributed by atoms with van der Waals surface area (Å²) in [4.78, 5) is 16.0. The lowest BCUT2D eigenvalue weighted by atomic mass is 9.87. The van der Waals surface area contributed by atoms with Crippen molar-refractivity contribution in [2.75, 3.05) is 6.61 Å². The van der Waals surface area contributed by atoms with Gasteiger partial charge in [-0.2, -0.15) is 13.2 Å². The van der Waals surface area contributed by atoms with Crippen molar-refractivity contribution in [1.29, 1.82) is 0 Å². The molecule has 0 saturated heterocycles. The van der Waals surface area contributed by atoms with Crippen molar-refractivity contribution < 1.29 is 22.7 Å². The third-order valence-electron chi connectivity index (χ3n) is 3.66. The van der Waals surface area contributed by atoms with Crippen molar-refractivity contribution in [2.24, 2.45) is 5.92 Å². The number of alkyl halides is 3. The number of nitrogens with zero attached hydrogens (tertiary/aromatic N) is 1. The molecule has 4 nitrogen and oxygen atoms in total. The Bertz CT molecular complexity index is 520. The van der Waals surface area contributed by atoms with Crippen LogP contribution < -0.4 is 10.1 Å². The molecule has 1 aliphatic rings. The summed E-state index contributed by atoms with van der Waals surface area (Å²) in [5.74, 6) is -0.195. The Hall–Kier alpha value is -1.79. The number of rotatable bonds is 4. The molecule has 122 valence electrons. The first-order chi connectivity index (χ1) is 10.3. The van der Waals surface area contributed by atoms with Gasteiger partial charge in [-0.1, -0.05) is 19.8 Å². The predicted octanol–water partition coefficient (Wildman–Crippen LogP) is 3.33. The van der Waals surface area contributed by atoms with Crippen LogP contribution in [0.25, 0.3) is 0 Å². The fraction of sp³-hybridized carbons (Fsp3) is 0.600. The Kier molecular flexibility index (Phi) is 5.26. The Morgan fingerprint density at radius 3 is 2.91 bits per heavy atom. The number of hydrogen-bond donors (Lipinski definition) is 1. The number of carbonyl (C=O) groups is 1. The van der Waals surface area contributed by atoms with Crippen LogP contribution in [0.4, 0.5) is 13.2 Å². The summed E-state index contributed by atoms with van der Waals surface area (Å²) >= 11 is 0. The summed E-state index contributed by atoms with van der Waals surface area (Å²) < 4.78 is 41.3. The molecule has 1 heterocycles. The van der Waals surface area contributed by atoms with E-state index in [-0.39, 0.29) is 17.5 Å². The molecule has 1 aromatic rings. The number of halogens is 3. The third kappa shape index (κ3) is 4.89. The zero-order valence-electron chi connectivity index (χ0n) is 12.3. The van der Waals surface area contributed by atoms with Crippen molar-refractivity contribution in [3.05, 3.63) is 23.9 Å². The van der Waals surface area contributed by atoms with Gasteiger partial charge < -0.3 is 10.1 Å². The van der Waals surface area contributed by atoms with Gasteiger partial charge in [-0.15, -0.1) is 0 Å². The summed E-state index contributed by atoms with van der Waals surface area (Å²) in [6, 6.07) is 2.96. The lowest BCUT2D eigenvalue weighted by Gasteiger charge is -2.27. The zero-order chi connectivity index (χ0) is 16.2. The molecule has 1 N–H and O–H groups in total. The molecule has 7 heteroatoms. The molecule has 0 bridgehead atoms. The number of aromatic nitrogens is 1. The van der Waals surface area contributed by atoms with Crippen LogP contribution >= 0.6 is 0 Å². The van der Waals surface area contributed by atoms with E-state index >= 15 is 0 Å². The highest BCUT2D eigenvalue weighted by molar-refractivity contribution is 5.96. The molecule has 1 fully saturated rings. The minimum Gasteiger partial charge on any atom is -0.467 e. The summed E-state index contributed by atoms with van der Waals surface area (Å²) in [5, 5.41) is 2.86. The second kappa shape index (κ2) is 6.98. The minimum absolute atomic E-state index is 0.0324. The molecule has 1 aliphatic carbocycles. The van der Waals surface area contributed by atoms with Crippen LogP contribution in [0.1, 0.15) is 43.0 Å². The van der Waals surface area contributed by atoms with Crippen molar-refractivity contribution in [2.45, 2.75) is 44.8 Å². The lowest BCUT2D eigenvalue weighted by Crippen LogP contribution is -2.38. The van der Waals surface area contributed by atoms with Gasteiger partial charge in [0.05, 0.1) is 0 Å². The van der Waals surface area contributed by atoms with Crippen LogP contribution in [0, 0.1) is 5.92 Å². The average molecular weight is 316 g/mol.